The van der Waals surface area contributed by atoms with Crippen LogP contribution in [0, 0.1) is 12.3 Å². The van der Waals surface area contributed by atoms with E-state index in [0.717, 1.165) is 12.2 Å². The molecule has 21 heavy (non-hydrogen) atoms. The molecule has 1 rings (SSSR count). The SMILES string of the molecule is Cc1ccccc1CSCC(=O)NC(C)(C)CC(C)(C)C. The first-order valence-electron chi connectivity index (χ1n) is 7.52. The molecule has 1 amide bonds. The summed E-state index contributed by atoms with van der Waals surface area (Å²) in [7, 11) is 0. The van der Waals surface area contributed by atoms with Crippen molar-refractivity contribution < 1.29 is 4.79 Å². The van der Waals surface area contributed by atoms with Gasteiger partial charge in [-0.2, -0.15) is 0 Å². The van der Waals surface area contributed by atoms with E-state index >= 15 is 0 Å². The standard InChI is InChI=1S/C18H29NOS/c1-14-9-7-8-10-15(14)11-21-12-16(20)19-18(5,6)13-17(2,3)4/h7-10H,11-13H2,1-6H3,(H,19,20). The van der Waals surface area contributed by atoms with E-state index in [0.29, 0.717) is 5.75 Å². The maximum absolute atomic E-state index is 12.1. The van der Waals surface area contributed by atoms with Crippen molar-refractivity contribution in [2.45, 2.75) is 59.3 Å². The molecule has 0 saturated heterocycles. The van der Waals surface area contributed by atoms with Gasteiger partial charge in [-0.05, 0) is 43.7 Å². The lowest BCUT2D eigenvalue weighted by Gasteiger charge is -2.33. The Hall–Kier alpha value is -0.960. The maximum Gasteiger partial charge on any atom is 0.230 e. The van der Waals surface area contributed by atoms with Gasteiger partial charge in [0.15, 0.2) is 0 Å². The van der Waals surface area contributed by atoms with Crippen LogP contribution >= 0.6 is 11.8 Å². The van der Waals surface area contributed by atoms with Gasteiger partial charge < -0.3 is 5.32 Å². The van der Waals surface area contributed by atoms with Crippen LogP contribution in [0.5, 0.6) is 0 Å². The van der Waals surface area contributed by atoms with E-state index in [-0.39, 0.29) is 16.9 Å². The molecule has 0 aliphatic rings. The summed E-state index contributed by atoms with van der Waals surface area (Å²) in [6.07, 6.45) is 0.966. The number of carbonyl (C=O) groups excluding carboxylic acids is 1. The van der Waals surface area contributed by atoms with Crippen molar-refractivity contribution in [2.75, 3.05) is 5.75 Å². The molecule has 0 bridgehead atoms. The highest BCUT2D eigenvalue weighted by Crippen LogP contribution is 2.27. The molecule has 1 N–H and O–H groups in total. The number of amides is 1. The zero-order chi connectivity index (χ0) is 16.1. The summed E-state index contributed by atoms with van der Waals surface area (Å²) in [5.41, 5.74) is 2.66. The van der Waals surface area contributed by atoms with Crippen molar-refractivity contribution in [2.24, 2.45) is 5.41 Å². The molecule has 0 aliphatic heterocycles. The molecule has 0 aliphatic carbocycles. The molecular formula is C18H29NOS. The Morgan fingerprint density at radius 3 is 2.33 bits per heavy atom. The van der Waals surface area contributed by atoms with E-state index in [1.54, 1.807) is 11.8 Å². The second-order valence-electron chi connectivity index (χ2n) is 7.59. The molecule has 0 spiro atoms. The molecule has 1 aromatic carbocycles. The smallest absolute Gasteiger partial charge is 0.230 e. The van der Waals surface area contributed by atoms with Crippen molar-refractivity contribution in [3.63, 3.8) is 0 Å². The summed E-state index contributed by atoms with van der Waals surface area (Å²) in [4.78, 5) is 12.1. The first-order valence-corrected chi connectivity index (χ1v) is 8.68. The first-order chi connectivity index (χ1) is 9.59. The normalized spacial score (nSPS) is 12.3. The fraction of sp³-hybridized carbons (Fsp3) is 0.611. The number of nitrogens with one attached hydrogen (secondary N) is 1. The fourth-order valence-electron chi connectivity index (χ4n) is 2.81. The van der Waals surface area contributed by atoms with Crippen LogP contribution in [-0.4, -0.2) is 17.2 Å². The molecule has 0 atom stereocenters. The van der Waals surface area contributed by atoms with E-state index in [4.69, 9.17) is 0 Å². The van der Waals surface area contributed by atoms with Crippen LogP contribution in [0.25, 0.3) is 0 Å². The zero-order valence-electron chi connectivity index (χ0n) is 14.2. The Kier molecular flexibility index (Phi) is 6.33. The summed E-state index contributed by atoms with van der Waals surface area (Å²) >= 11 is 1.68. The van der Waals surface area contributed by atoms with Crippen LogP contribution in [-0.2, 0) is 10.5 Å². The molecule has 2 nitrogen and oxygen atoms in total. The van der Waals surface area contributed by atoms with Crippen molar-refractivity contribution in [1.29, 1.82) is 0 Å². The van der Waals surface area contributed by atoms with Gasteiger partial charge in [0.25, 0.3) is 0 Å². The van der Waals surface area contributed by atoms with Gasteiger partial charge in [-0.15, -0.1) is 11.8 Å². The Morgan fingerprint density at radius 2 is 1.76 bits per heavy atom. The van der Waals surface area contributed by atoms with Gasteiger partial charge in [0, 0.05) is 11.3 Å². The first kappa shape index (κ1) is 18.1. The molecule has 0 radical (unpaired) electrons. The molecule has 0 heterocycles. The van der Waals surface area contributed by atoms with Gasteiger partial charge in [0.2, 0.25) is 5.91 Å². The van der Waals surface area contributed by atoms with Crippen LogP contribution < -0.4 is 5.32 Å². The van der Waals surface area contributed by atoms with Crippen molar-refractivity contribution in [3.8, 4) is 0 Å². The molecular weight excluding hydrogens is 278 g/mol. The number of benzene rings is 1. The lowest BCUT2D eigenvalue weighted by atomic mass is 9.82. The third-order valence-electron chi connectivity index (χ3n) is 3.20. The molecule has 1 aromatic rings. The van der Waals surface area contributed by atoms with Crippen LogP contribution in [0.15, 0.2) is 24.3 Å². The number of rotatable bonds is 6. The highest BCUT2D eigenvalue weighted by Gasteiger charge is 2.26. The summed E-state index contributed by atoms with van der Waals surface area (Å²) in [6, 6.07) is 8.34. The Balaban J connectivity index is 2.39. The molecule has 0 aromatic heterocycles. The third-order valence-corrected chi connectivity index (χ3v) is 4.18. The van der Waals surface area contributed by atoms with Gasteiger partial charge in [0.05, 0.1) is 5.75 Å². The highest BCUT2D eigenvalue weighted by atomic mass is 32.2. The van der Waals surface area contributed by atoms with Crippen LogP contribution in [0.1, 0.15) is 52.2 Å². The van der Waals surface area contributed by atoms with Gasteiger partial charge in [-0.25, -0.2) is 0 Å². The number of hydrogen-bond acceptors (Lipinski definition) is 2. The zero-order valence-corrected chi connectivity index (χ0v) is 15.1. The Bertz CT molecular complexity index is 474. The van der Waals surface area contributed by atoms with E-state index in [1.165, 1.54) is 11.1 Å². The molecule has 118 valence electrons. The predicted octanol–water partition coefficient (Wildman–Crippen LogP) is 4.56. The monoisotopic (exact) mass is 307 g/mol. The largest absolute Gasteiger partial charge is 0.350 e. The molecule has 0 unspecified atom stereocenters. The maximum atomic E-state index is 12.1. The minimum Gasteiger partial charge on any atom is -0.350 e. The van der Waals surface area contributed by atoms with Gasteiger partial charge in [-0.3, -0.25) is 4.79 Å². The van der Waals surface area contributed by atoms with E-state index in [2.05, 4.69) is 65.1 Å². The Labute approximate surface area is 134 Å². The number of thioether (sulfide) groups is 1. The average molecular weight is 308 g/mol. The quantitative estimate of drug-likeness (QED) is 0.834. The van der Waals surface area contributed by atoms with Gasteiger partial charge in [0.1, 0.15) is 0 Å². The molecule has 0 fully saturated rings. The second kappa shape index (κ2) is 7.35. The fourth-order valence-corrected chi connectivity index (χ4v) is 3.71. The lowest BCUT2D eigenvalue weighted by Crippen LogP contribution is -2.46. The molecule has 0 saturated carbocycles. The van der Waals surface area contributed by atoms with Gasteiger partial charge in [-0.1, -0.05) is 45.0 Å². The van der Waals surface area contributed by atoms with E-state index in [1.807, 2.05) is 6.07 Å². The molecule has 3 heteroatoms. The topological polar surface area (TPSA) is 29.1 Å². The van der Waals surface area contributed by atoms with Crippen LogP contribution in [0.4, 0.5) is 0 Å². The summed E-state index contributed by atoms with van der Waals surface area (Å²) in [5, 5.41) is 3.15. The summed E-state index contributed by atoms with van der Waals surface area (Å²) in [6.45, 7) is 12.9. The van der Waals surface area contributed by atoms with E-state index in [9.17, 15) is 4.79 Å². The van der Waals surface area contributed by atoms with Crippen molar-refractivity contribution in [3.05, 3.63) is 35.4 Å². The average Bonchev–Trinajstić information content (AvgIpc) is 2.27. The van der Waals surface area contributed by atoms with Gasteiger partial charge >= 0.3 is 0 Å². The number of carbonyl (C=O) groups is 1. The number of hydrogen-bond donors (Lipinski definition) is 1. The summed E-state index contributed by atoms with van der Waals surface area (Å²) in [5.74, 6) is 1.53. The third kappa shape index (κ3) is 7.56. The minimum absolute atomic E-state index is 0.128. The second-order valence-corrected chi connectivity index (χ2v) is 8.57. The summed E-state index contributed by atoms with van der Waals surface area (Å²) < 4.78 is 0. The van der Waals surface area contributed by atoms with Crippen LogP contribution in [0.2, 0.25) is 0 Å². The van der Waals surface area contributed by atoms with E-state index < -0.39 is 0 Å². The van der Waals surface area contributed by atoms with Crippen molar-refractivity contribution in [1.82, 2.24) is 5.32 Å². The van der Waals surface area contributed by atoms with Crippen LogP contribution in [0.3, 0.4) is 0 Å². The number of aryl methyl sites for hydroxylation is 1. The Morgan fingerprint density at radius 1 is 1.14 bits per heavy atom. The minimum atomic E-state index is -0.154. The van der Waals surface area contributed by atoms with Crippen molar-refractivity contribution >= 4 is 17.7 Å². The highest BCUT2D eigenvalue weighted by molar-refractivity contribution is 7.99. The predicted molar refractivity (Wildman–Crippen MR) is 93.6 cm³/mol. The lowest BCUT2D eigenvalue weighted by molar-refractivity contribution is -0.120.